The SMILES string of the molecule is CC(=O)c1ccc(N2CCN(C(=O)Cc3ccc(-n4cccc4)cc3)CC2)cc1. The maximum absolute atomic E-state index is 12.7. The number of anilines is 1. The van der Waals surface area contributed by atoms with Crippen LogP contribution in [-0.4, -0.2) is 47.3 Å². The number of aromatic nitrogens is 1. The normalized spacial score (nSPS) is 14.1. The molecule has 0 atom stereocenters. The Labute approximate surface area is 171 Å². The first-order chi connectivity index (χ1) is 14.1. The van der Waals surface area contributed by atoms with E-state index >= 15 is 0 Å². The highest BCUT2D eigenvalue weighted by molar-refractivity contribution is 5.94. The summed E-state index contributed by atoms with van der Waals surface area (Å²) in [5.74, 6) is 0.249. The van der Waals surface area contributed by atoms with E-state index in [2.05, 4.69) is 4.90 Å². The fraction of sp³-hybridized carbons (Fsp3) is 0.250. The molecular formula is C24H25N3O2. The second-order valence-electron chi connectivity index (χ2n) is 7.40. The van der Waals surface area contributed by atoms with Crippen molar-refractivity contribution in [1.82, 2.24) is 9.47 Å². The van der Waals surface area contributed by atoms with Crippen LogP contribution < -0.4 is 4.90 Å². The molecule has 5 heteroatoms. The molecule has 1 saturated heterocycles. The summed E-state index contributed by atoms with van der Waals surface area (Å²) >= 11 is 0. The predicted octanol–water partition coefficient (Wildman–Crippen LogP) is 3.57. The van der Waals surface area contributed by atoms with Gasteiger partial charge in [-0.05, 0) is 61.0 Å². The molecule has 148 valence electrons. The summed E-state index contributed by atoms with van der Waals surface area (Å²) in [4.78, 5) is 28.3. The fourth-order valence-corrected chi connectivity index (χ4v) is 3.70. The lowest BCUT2D eigenvalue weighted by Crippen LogP contribution is -2.49. The summed E-state index contributed by atoms with van der Waals surface area (Å²) in [7, 11) is 0. The highest BCUT2D eigenvalue weighted by Crippen LogP contribution is 2.18. The molecule has 5 nitrogen and oxygen atoms in total. The van der Waals surface area contributed by atoms with Crippen LogP contribution in [0.5, 0.6) is 0 Å². The van der Waals surface area contributed by atoms with Gasteiger partial charge in [0, 0.05) is 55.5 Å². The summed E-state index contributed by atoms with van der Waals surface area (Å²) < 4.78 is 2.05. The number of carbonyl (C=O) groups excluding carboxylic acids is 2. The Kier molecular flexibility index (Phi) is 5.47. The Bertz CT molecular complexity index is 968. The van der Waals surface area contributed by atoms with E-state index in [0.29, 0.717) is 6.42 Å². The van der Waals surface area contributed by atoms with E-state index in [1.807, 2.05) is 82.5 Å². The molecule has 0 radical (unpaired) electrons. The van der Waals surface area contributed by atoms with Crippen LogP contribution in [0.3, 0.4) is 0 Å². The van der Waals surface area contributed by atoms with Gasteiger partial charge in [-0.1, -0.05) is 12.1 Å². The molecule has 1 aromatic heterocycles. The van der Waals surface area contributed by atoms with Crippen LogP contribution in [0.2, 0.25) is 0 Å². The minimum Gasteiger partial charge on any atom is -0.368 e. The average Bonchev–Trinajstić information content (AvgIpc) is 3.29. The lowest BCUT2D eigenvalue weighted by atomic mass is 10.1. The Balaban J connectivity index is 1.31. The second-order valence-corrected chi connectivity index (χ2v) is 7.40. The number of Topliss-reactive ketones (excluding diaryl/α,β-unsaturated/α-hetero) is 1. The number of nitrogens with zero attached hydrogens (tertiary/aromatic N) is 3. The number of ketones is 1. The van der Waals surface area contributed by atoms with Gasteiger partial charge in [0.05, 0.1) is 6.42 Å². The number of hydrogen-bond acceptors (Lipinski definition) is 3. The molecule has 1 amide bonds. The number of rotatable bonds is 5. The van der Waals surface area contributed by atoms with Crippen molar-refractivity contribution < 1.29 is 9.59 Å². The highest BCUT2D eigenvalue weighted by Gasteiger charge is 2.21. The van der Waals surface area contributed by atoms with Crippen molar-refractivity contribution in [2.24, 2.45) is 0 Å². The molecule has 1 fully saturated rings. The smallest absolute Gasteiger partial charge is 0.227 e. The van der Waals surface area contributed by atoms with Crippen molar-refractivity contribution >= 4 is 17.4 Å². The Hall–Kier alpha value is -3.34. The zero-order chi connectivity index (χ0) is 20.2. The van der Waals surface area contributed by atoms with Crippen molar-refractivity contribution in [2.75, 3.05) is 31.1 Å². The summed E-state index contributed by atoms with van der Waals surface area (Å²) in [5.41, 5.74) is 3.96. The van der Waals surface area contributed by atoms with E-state index in [1.54, 1.807) is 6.92 Å². The molecule has 3 aromatic rings. The van der Waals surface area contributed by atoms with Crippen molar-refractivity contribution in [3.05, 3.63) is 84.2 Å². The first-order valence-electron chi connectivity index (χ1n) is 9.96. The van der Waals surface area contributed by atoms with Crippen molar-refractivity contribution in [3.63, 3.8) is 0 Å². The number of carbonyl (C=O) groups is 2. The summed E-state index contributed by atoms with van der Waals surface area (Å²) in [6.07, 6.45) is 4.44. The Morgan fingerprint density at radius 1 is 0.793 bits per heavy atom. The van der Waals surface area contributed by atoms with E-state index in [4.69, 9.17) is 0 Å². The fourth-order valence-electron chi connectivity index (χ4n) is 3.70. The number of piperazine rings is 1. The van der Waals surface area contributed by atoms with Crippen LogP contribution in [-0.2, 0) is 11.2 Å². The molecule has 29 heavy (non-hydrogen) atoms. The van der Waals surface area contributed by atoms with Gasteiger partial charge in [0.2, 0.25) is 5.91 Å². The van der Waals surface area contributed by atoms with Crippen molar-refractivity contribution in [2.45, 2.75) is 13.3 Å². The molecule has 4 rings (SSSR count). The molecule has 0 saturated carbocycles. The minimum absolute atomic E-state index is 0.0772. The first-order valence-corrected chi connectivity index (χ1v) is 9.96. The summed E-state index contributed by atoms with van der Waals surface area (Å²) in [6.45, 7) is 4.62. The molecule has 0 bridgehead atoms. The highest BCUT2D eigenvalue weighted by atomic mass is 16.2. The van der Waals surface area contributed by atoms with Gasteiger partial charge in [-0.3, -0.25) is 9.59 Å². The Morgan fingerprint density at radius 2 is 1.38 bits per heavy atom. The molecule has 0 N–H and O–H groups in total. The van der Waals surface area contributed by atoms with Crippen LogP contribution >= 0.6 is 0 Å². The van der Waals surface area contributed by atoms with Crippen LogP contribution in [0, 0.1) is 0 Å². The molecule has 2 heterocycles. The minimum atomic E-state index is 0.0772. The van der Waals surface area contributed by atoms with Crippen molar-refractivity contribution in [3.8, 4) is 5.69 Å². The van der Waals surface area contributed by atoms with Gasteiger partial charge in [-0.25, -0.2) is 0 Å². The largest absolute Gasteiger partial charge is 0.368 e. The van der Waals surface area contributed by atoms with Crippen LogP contribution in [0.4, 0.5) is 5.69 Å². The monoisotopic (exact) mass is 387 g/mol. The average molecular weight is 387 g/mol. The lowest BCUT2D eigenvalue weighted by molar-refractivity contribution is -0.130. The number of hydrogen-bond donors (Lipinski definition) is 0. The zero-order valence-corrected chi connectivity index (χ0v) is 16.6. The molecular weight excluding hydrogens is 362 g/mol. The third-order valence-electron chi connectivity index (χ3n) is 5.47. The molecule has 0 unspecified atom stereocenters. The molecule has 2 aromatic carbocycles. The van der Waals surface area contributed by atoms with E-state index in [9.17, 15) is 9.59 Å². The van der Waals surface area contributed by atoms with Gasteiger partial charge >= 0.3 is 0 Å². The van der Waals surface area contributed by atoms with E-state index in [-0.39, 0.29) is 11.7 Å². The van der Waals surface area contributed by atoms with Gasteiger partial charge in [-0.2, -0.15) is 0 Å². The lowest BCUT2D eigenvalue weighted by Gasteiger charge is -2.36. The van der Waals surface area contributed by atoms with Gasteiger partial charge in [0.25, 0.3) is 0 Å². The third-order valence-corrected chi connectivity index (χ3v) is 5.47. The van der Waals surface area contributed by atoms with Gasteiger partial charge in [0.15, 0.2) is 5.78 Å². The van der Waals surface area contributed by atoms with Crippen LogP contribution in [0.1, 0.15) is 22.8 Å². The zero-order valence-electron chi connectivity index (χ0n) is 16.6. The van der Waals surface area contributed by atoms with Crippen molar-refractivity contribution in [1.29, 1.82) is 0 Å². The number of amides is 1. The van der Waals surface area contributed by atoms with E-state index in [0.717, 1.165) is 48.7 Å². The van der Waals surface area contributed by atoms with Crippen LogP contribution in [0.25, 0.3) is 5.69 Å². The maximum atomic E-state index is 12.7. The molecule has 0 spiro atoms. The van der Waals surface area contributed by atoms with Gasteiger partial charge < -0.3 is 14.4 Å². The molecule has 1 aliphatic rings. The van der Waals surface area contributed by atoms with E-state index < -0.39 is 0 Å². The summed E-state index contributed by atoms with van der Waals surface area (Å²) in [5, 5.41) is 0. The standard InChI is InChI=1S/C24H25N3O2/c1-19(28)21-6-10-23(11-7-21)26-14-16-27(17-15-26)24(29)18-20-4-8-22(9-5-20)25-12-2-3-13-25/h2-13H,14-18H2,1H3. The number of benzene rings is 2. The predicted molar refractivity (Wildman–Crippen MR) is 115 cm³/mol. The van der Waals surface area contributed by atoms with E-state index in [1.165, 1.54) is 0 Å². The summed E-state index contributed by atoms with van der Waals surface area (Å²) in [6, 6.07) is 19.8. The second kappa shape index (κ2) is 8.35. The van der Waals surface area contributed by atoms with Gasteiger partial charge in [-0.15, -0.1) is 0 Å². The topological polar surface area (TPSA) is 45.6 Å². The molecule has 1 aliphatic heterocycles. The quantitative estimate of drug-likeness (QED) is 0.629. The molecule has 0 aliphatic carbocycles. The van der Waals surface area contributed by atoms with Crippen LogP contribution in [0.15, 0.2) is 73.1 Å². The van der Waals surface area contributed by atoms with Gasteiger partial charge in [0.1, 0.15) is 0 Å². The third kappa shape index (κ3) is 4.40. The first kappa shape index (κ1) is 19.0. The Morgan fingerprint density at radius 3 is 1.97 bits per heavy atom. The maximum Gasteiger partial charge on any atom is 0.227 e.